The lowest BCUT2D eigenvalue weighted by atomic mass is 9.83. The number of benzene rings is 6. The van der Waals surface area contributed by atoms with Crippen molar-refractivity contribution in [1.29, 1.82) is 0 Å². The minimum Gasteiger partial charge on any atom is -0.480 e. The van der Waals surface area contributed by atoms with E-state index in [1.54, 1.807) is 80.6 Å². The molecule has 9 aliphatic rings. The van der Waals surface area contributed by atoms with E-state index in [1.807, 2.05) is 117 Å². The summed E-state index contributed by atoms with van der Waals surface area (Å²) in [6.07, 6.45) is 16.5. The second kappa shape index (κ2) is 54.5. The highest BCUT2D eigenvalue weighted by molar-refractivity contribution is 6.40. The van der Waals surface area contributed by atoms with Crippen LogP contribution in [0.25, 0.3) is 0 Å². The number of amides is 12. The second-order valence-corrected chi connectivity index (χ2v) is 37.6. The average molecular weight is 1940 g/mol. The summed E-state index contributed by atoms with van der Waals surface area (Å²) in [7, 11) is 0. The monoisotopic (exact) mass is 1940 g/mol. The fourth-order valence-electron chi connectivity index (χ4n) is 18.4. The number of ketones is 4. The number of hydrogen-bond donors (Lipinski definition) is 14. The molecule has 141 heavy (non-hydrogen) atoms. The molecule has 3 fully saturated rings. The lowest BCUT2D eigenvalue weighted by molar-refractivity contribution is -0.143. The van der Waals surface area contributed by atoms with Gasteiger partial charge in [-0.2, -0.15) is 0 Å². The number of rotatable bonds is 27. The van der Waals surface area contributed by atoms with Crippen LogP contribution in [-0.4, -0.2) is 190 Å². The summed E-state index contributed by atoms with van der Waals surface area (Å²) in [5.41, 5.74) is 4.86. The first-order chi connectivity index (χ1) is 67.6. The molecule has 14 N–H and O–H groups in total. The summed E-state index contributed by atoms with van der Waals surface area (Å²) < 4.78 is 18.2. The Hall–Kier alpha value is -14.0. The van der Waals surface area contributed by atoms with E-state index in [1.165, 1.54) is 6.92 Å². The minimum atomic E-state index is -1.32. The zero-order chi connectivity index (χ0) is 102. The number of ether oxygens (including phenoxy) is 3. The van der Waals surface area contributed by atoms with Gasteiger partial charge >= 0.3 is 11.9 Å². The SMILES string of the molecule is CCCC(NC(=O)C1Cc2cccc(c2)Oc2ccc(cc2)CC(C)C(=O)NC(C2CCCCC2)C(=O)N1)C(=O)C(=O)NCC(=O)O.CCCC(NC(=O)C1Cc2cccc(c2)Oc2ccc(cc2)CC(C)C(=O)NC(C2CCCCC2)C(=O)N1)C(=O)C(=O)NCC(=O)O.CCCC(NC(=O)C1Cc2cccc(c2)Oc2ccc(cc2)CC(C)C(=O)NC(C2CCCCC2)C(=O)N1)C(=O)C(=O)NCC(C)=O. The smallest absolute Gasteiger partial charge is 0.322 e. The third kappa shape index (κ3) is 34.2. The highest BCUT2D eigenvalue weighted by Gasteiger charge is 2.42. The summed E-state index contributed by atoms with van der Waals surface area (Å²) in [5.74, 6) is -11.6. The number of carboxylic acids is 2. The predicted molar refractivity (Wildman–Crippen MR) is 520 cm³/mol. The van der Waals surface area contributed by atoms with Crippen molar-refractivity contribution in [1.82, 2.24) is 63.8 Å². The minimum absolute atomic E-state index is 0.0215. The maximum Gasteiger partial charge on any atom is 0.322 e. The first-order valence-electron chi connectivity index (χ1n) is 49.3. The molecule has 0 saturated heterocycles. The summed E-state index contributed by atoms with van der Waals surface area (Å²) in [5, 5.41) is 49.7. The van der Waals surface area contributed by atoms with E-state index in [0.29, 0.717) is 89.7 Å². The maximum absolute atomic E-state index is 14.1. The van der Waals surface area contributed by atoms with Gasteiger partial charge in [0.05, 0.1) is 24.7 Å². The number of aliphatic carboxylic acids is 2. The van der Waals surface area contributed by atoms with Gasteiger partial charge in [-0.3, -0.25) is 86.3 Å². The summed E-state index contributed by atoms with van der Waals surface area (Å²) >= 11 is 0. The number of carbonyl (C=O) groups excluding carboxylic acids is 16. The Bertz CT molecular complexity index is 4880. The predicted octanol–water partition coefficient (Wildman–Crippen LogP) is 8.96. The second-order valence-electron chi connectivity index (χ2n) is 37.6. The number of carbonyl (C=O) groups is 18. The molecular weight excluding hydrogens is 1810 g/mol. The van der Waals surface area contributed by atoms with Gasteiger partial charge in [0.2, 0.25) is 70.5 Å². The van der Waals surface area contributed by atoms with Crippen LogP contribution >= 0.6 is 0 Å². The Balaban J connectivity index is 0.000000218. The molecule has 12 unspecified atom stereocenters. The normalized spacial score (nSPS) is 21.3. The van der Waals surface area contributed by atoms with Gasteiger partial charge in [0.15, 0.2) is 0 Å². The molecule has 15 rings (SSSR count). The number of fused-ring (bicyclic) bond motifs is 30. The van der Waals surface area contributed by atoms with Gasteiger partial charge in [-0.05, 0) is 208 Å². The Morgan fingerprint density at radius 1 is 0.319 bits per heavy atom. The number of carboxylic acid groups (broad SMARTS) is 2. The molecule has 0 aromatic heterocycles. The molecule has 12 amide bonds. The molecule has 0 radical (unpaired) electrons. The highest BCUT2D eigenvalue weighted by Crippen LogP contribution is 2.34. The van der Waals surface area contributed by atoms with Crippen molar-refractivity contribution in [2.45, 2.75) is 276 Å². The van der Waals surface area contributed by atoms with E-state index in [0.717, 1.165) is 113 Å². The molecule has 12 bridgehead atoms. The van der Waals surface area contributed by atoms with Gasteiger partial charge < -0.3 is 88.2 Å². The molecule has 6 heterocycles. The molecule has 12 atom stereocenters. The number of Topliss-reactive ketones (excluding diaryl/α,β-unsaturated/α-hetero) is 4. The maximum atomic E-state index is 14.1. The molecule has 6 aliphatic heterocycles. The van der Waals surface area contributed by atoms with Gasteiger partial charge in [-0.15, -0.1) is 0 Å². The number of hydrogen-bond acceptors (Lipinski definition) is 21. The van der Waals surface area contributed by atoms with Crippen LogP contribution in [0.3, 0.4) is 0 Å². The molecule has 756 valence electrons. The number of nitrogens with one attached hydrogen (secondary N) is 12. The van der Waals surface area contributed by atoms with Crippen molar-refractivity contribution in [3.05, 3.63) is 179 Å². The Labute approximate surface area is 821 Å². The van der Waals surface area contributed by atoms with Crippen LogP contribution in [0.2, 0.25) is 0 Å². The molecule has 0 spiro atoms. The van der Waals surface area contributed by atoms with E-state index in [9.17, 15) is 86.3 Å². The van der Waals surface area contributed by atoms with Gasteiger partial charge in [-0.25, -0.2) is 0 Å². The van der Waals surface area contributed by atoms with Crippen molar-refractivity contribution >= 4 is 106 Å². The zero-order valence-corrected chi connectivity index (χ0v) is 81.2. The van der Waals surface area contributed by atoms with Crippen molar-refractivity contribution in [3.8, 4) is 34.5 Å². The molecule has 6 aromatic carbocycles. The quantitative estimate of drug-likeness (QED) is 0.0214. The van der Waals surface area contributed by atoms with Crippen molar-refractivity contribution in [2.24, 2.45) is 35.5 Å². The first kappa shape index (κ1) is 109. The molecule has 3 aliphatic carbocycles. The fourth-order valence-corrected chi connectivity index (χ4v) is 18.4. The van der Waals surface area contributed by atoms with Gasteiger partial charge in [0.25, 0.3) is 17.7 Å². The van der Waals surface area contributed by atoms with Gasteiger partial charge in [-0.1, -0.05) is 191 Å². The topological polar surface area (TPSA) is 520 Å². The lowest BCUT2D eigenvalue weighted by Crippen LogP contribution is -2.59. The molecule has 3 saturated carbocycles. The van der Waals surface area contributed by atoms with Crippen LogP contribution in [0.5, 0.6) is 34.5 Å². The Morgan fingerprint density at radius 3 is 0.816 bits per heavy atom. The van der Waals surface area contributed by atoms with Crippen LogP contribution in [0.4, 0.5) is 0 Å². The Morgan fingerprint density at radius 2 is 0.574 bits per heavy atom. The van der Waals surface area contributed by atoms with Gasteiger partial charge in [0, 0.05) is 37.0 Å². The van der Waals surface area contributed by atoms with E-state index in [2.05, 4.69) is 53.2 Å². The Kier molecular flexibility index (Phi) is 42.1. The van der Waals surface area contributed by atoms with E-state index in [4.69, 9.17) is 24.4 Å². The molecular formula is C106H134N12O23. The standard InChI is InChI=1S/C36H46N4O7.2C35H44N4O8/c1-4-9-29(32(42)36(46)37-21-23(3)41)38-34(44)30-20-25-10-8-13-28(19-25)47-27-16-14-24(15-17-27)18-22(2)33(43)40-31(35(45)39-30)26-11-6-5-7-12-26;2*1-3-8-27(31(42)35(46)36-20-29(40)41)37-33(44)28-19-23-9-7-12-26(18-23)47-25-15-13-22(14-16-25)17-21(2)32(43)39-30(34(45)38-28)24-10-5-4-6-11-24/h8,10,13-17,19,22,26,29-31H,4-7,9,11-12,18,20-21H2,1-3H3,(H,37,46)(H,38,44)(H,39,45)(H,40,43);2*7,9,12-16,18,21,24,27-28,30H,3-6,8,10-11,17,19-20H2,1-2H3,(H,36,46)(H,37,44)(H,38,45)(H,39,43)(H,40,41). The van der Waals surface area contributed by atoms with Crippen LogP contribution in [0.1, 0.15) is 217 Å². The molecule has 6 aromatic rings. The van der Waals surface area contributed by atoms with Gasteiger partial charge in [0.1, 0.15) is 89.6 Å². The van der Waals surface area contributed by atoms with Crippen LogP contribution in [0.15, 0.2) is 146 Å². The fraction of sp³-hybridized carbons (Fsp3) is 0.491. The third-order valence-electron chi connectivity index (χ3n) is 26.1. The summed E-state index contributed by atoms with van der Waals surface area (Å²) in [4.78, 5) is 233. The van der Waals surface area contributed by atoms with E-state index in [-0.39, 0.29) is 86.3 Å². The average Bonchev–Trinajstić information content (AvgIpc) is 1.44. The van der Waals surface area contributed by atoms with Crippen LogP contribution in [0, 0.1) is 35.5 Å². The van der Waals surface area contributed by atoms with E-state index >= 15 is 0 Å². The van der Waals surface area contributed by atoms with Crippen molar-refractivity contribution < 1.29 is 111 Å². The summed E-state index contributed by atoms with van der Waals surface area (Å²) in [6, 6.07) is 34.1. The van der Waals surface area contributed by atoms with E-state index < -0.39 is 168 Å². The first-order valence-corrected chi connectivity index (χ1v) is 49.3. The lowest BCUT2D eigenvalue weighted by Gasteiger charge is -2.32. The van der Waals surface area contributed by atoms with Crippen molar-refractivity contribution in [2.75, 3.05) is 19.6 Å². The largest absolute Gasteiger partial charge is 0.480 e. The third-order valence-corrected chi connectivity index (χ3v) is 26.1. The van der Waals surface area contributed by atoms with Crippen LogP contribution in [-0.2, 0) is 125 Å². The molecule has 35 nitrogen and oxygen atoms in total. The highest BCUT2D eigenvalue weighted by atomic mass is 16.5. The summed E-state index contributed by atoms with van der Waals surface area (Å²) in [6.45, 7) is 10.3. The van der Waals surface area contributed by atoms with Crippen LogP contribution < -0.4 is 78.0 Å². The molecule has 35 heteroatoms. The van der Waals surface area contributed by atoms with Crippen molar-refractivity contribution in [3.63, 3.8) is 0 Å². The zero-order valence-electron chi connectivity index (χ0n) is 81.2.